The molecule has 0 amide bonds. The Bertz CT molecular complexity index is 2920. The minimum absolute atomic E-state index is 0.0990. The summed E-state index contributed by atoms with van der Waals surface area (Å²) in [6, 6.07) is 58.1. The molecule has 262 valence electrons. The molecule has 11 rings (SSSR count). The van der Waals surface area contributed by atoms with Crippen LogP contribution >= 0.6 is 0 Å². The Morgan fingerprint density at radius 2 is 0.964 bits per heavy atom. The summed E-state index contributed by atoms with van der Waals surface area (Å²) in [7, 11) is 0. The summed E-state index contributed by atoms with van der Waals surface area (Å²) in [5, 5.41) is 2.11. The molecule has 1 saturated carbocycles. The van der Waals surface area contributed by atoms with Gasteiger partial charge in [-0.05, 0) is 81.6 Å². The van der Waals surface area contributed by atoms with E-state index in [1.807, 2.05) is 24.3 Å². The van der Waals surface area contributed by atoms with Crippen LogP contribution in [0.15, 0.2) is 168 Å². The molecule has 0 unspecified atom stereocenters. The van der Waals surface area contributed by atoms with E-state index < -0.39 is 0 Å². The van der Waals surface area contributed by atoms with Crippen molar-refractivity contribution in [3.05, 3.63) is 175 Å². The summed E-state index contributed by atoms with van der Waals surface area (Å²) in [6.07, 6.45) is 6.28. The van der Waals surface area contributed by atoms with Gasteiger partial charge in [-0.3, -0.25) is 0 Å². The van der Waals surface area contributed by atoms with Crippen LogP contribution in [-0.2, 0) is 5.41 Å². The Labute approximate surface area is 320 Å². The van der Waals surface area contributed by atoms with E-state index in [9.17, 15) is 0 Å². The van der Waals surface area contributed by atoms with Crippen molar-refractivity contribution in [2.45, 2.75) is 37.5 Å². The Hall–Kier alpha value is -6.65. The lowest BCUT2D eigenvalue weighted by molar-refractivity contribution is 0.353. The third kappa shape index (κ3) is 5.16. The molecule has 7 aromatic carbocycles. The van der Waals surface area contributed by atoms with Crippen LogP contribution in [0.25, 0.3) is 89.5 Å². The highest BCUT2D eigenvalue weighted by Gasteiger charge is 2.44. The zero-order valence-electron chi connectivity index (χ0n) is 30.4. The van der Waals surface area contributed by atoms with Gasteiger partial charge in [0.1, 0.15) is 11.2 Å². The van der Waals surface area contributed by atoms with E-state index in [-0.39, 0.29) is 5.41 Å². The summed E-state index contributed by atoms with van der Waals surface area (Å²) in [5.74, 6) is 1.82. The first-order valence-electron chi connectivity index (χ1n) is 19.4. The molecule has 4 heteroatoms. The van der Waals surface area contributed by atoms with Gasteiger partial charge in [0.25, 0.3) is 0 Å². The number of hydrogen-bond acceptors (Lipinski definition) is 4. The highest BCUT2D eigenvalue weighted by atomic mass is 16.3. The summed E-state index contributed by atoms with van der Waals surface area (Å²) < 4.78 is 6.50. The van der Waals surface area contributed by atoms with Gasteiger partial charge in [-0.25, -0.2) is 15.0 Å². The molecule has 2 heterocycles. The monoisotopic (exact) mass is 707 g/mol. The van der Waals surface area contributed by atoms with Gasteiger partial charge in [-0.15, -0.1) is 0 Å². The van der Waals surface area contributed by atoms with Crippen molar-refractivity contribution in [2.75, 3.05) is 0 Å². The van der Waals surface area contributed by atoms with Gasteiger partial charge in [-0.2, -0.15) is 0 Å². The SMILES string of the molecule is c1ccc(-c2cccc(-c3nc(-c4cccc(-c5cccc6c5-c5ccccc5C65CCCCC5)c4)nc(-c4cccc5c4oc4ccccc45)n3)c2)cc1. The predicted molar refractivity (Wildman–Crippen MR) is 224 cm³/mol. The van der Waals surface area contributed by atoms with E-state index in [1.165, 1.54) is 59.9 Å². The highest BCUT2D eigenvalue weighted by molar-refractivity contribution is 6.09. The quantitative estimate of drug-likeness (QED) is 0.179. The zero-order chi connectivity index (χ0) is 36.3. The van der Waals surface area contributed by atoms with Gasteiger partial charge in [0.2, 0.25) is 0 Å². The second kappa shape index (κ2) is 12.7. The van der Waals surface area contributed by atoms with Gasteiger partial charge < -0.3 is 4.42 Å². The van der Waals surface area contributed by atoms with Gasteiger partial charge in [0.05, 0.1) is 5.56 Å². The molecule has 0 saturated heterocycles. The van der Waals surface area contributed by atoms with Crippen LogP contribution in [0.4, 0.5) is 0 Å². The molecule has 2 aliphatic carbocycles. The maximum atomic E-state index is 6.50. The fourth-order valence-electron chi connectivity index (χ4n) is 9.41. The number of furan rings is 1. The largest absolute Gasteiger partial charge is 0.455 e. The van der Waals surface area contributed by atoms with Crippen molar-refractivity contribution in [3.63, 3.8) is 0 Å². The zero-order valence-corrected chi connectivity index (χ0v) is 30.4. The Morgan fingerprint density at radius 1 is 0.400 bits per heavy atom. The maximum absolute atomic E-state index is 6.50. The fraction of sp³-hybridized carbons (Fsp3) is 0.118. The number of rotatable bonds is 5. The molecule has 0 N–H and O–H groups in total. The molecule has 1 spiro atoms. The number of para-hydroxylation sites is 2. The summed E-state index contributed by atoms with van der Waals surface area (Å²) in [5.41, 5.74) is 14.8. The van der Waals surface area contributed by atoms with E-state index in [0.717, 1.165) is 55.3 Å². The average molecular weight is 708 g/mol. The smallest absolute Gasteiger partial charge is 0.167 e. The van der Waals surface area contributed by atoms with Crippen LogP contribution in [0.5, 0.6) is 0 Å². The topological polar surface area (TPSA) is 51.8 Å². The predicted octanol–water partition coefficient (Wildman–Crippen LogP) is 13.3. The molecule has 2 aromatic heterocycles. The molecule has 0 bridgehead atoms. The van der Waals surface area contributed by atoms with Crippen molar-refractivity contribution in [1.29, 1.82) is 0 Å². The fourth-order valence-corrected chi connectivity index (χ4v) is 9.41. The van der Waals surface area contributed by atoms with Crippen molar-refractivity contribution in [1.82, 2.24) is 15.0 Å². The second-order valence-corrected chi connectivity index (χ2v) is 15.0. The van der Waals surface area contributed by atoms with Crippen molar-refractivity contribution < 1.29 is 4.42 Å². The standard InChI is InChI=1S/C51H37N3O/c1-3-15-33(16-4-1)34-17-11-19-36(31-34)48-52-49(54-50(53-48)42-25-13-24-40-39-21-6-8-28-45(39)55-47(40)42)37-20-12-18-35(32-37)38-23-14-27-44-46(38)41-22-5-7-26-43(41)51(44)29-9-2-10-30-51/h1,3-8,11-28,31-32H,2,9-10,29-30H2. The van der Waals surface area contributed by atoms with E-state index in [1.54, 1.807) is 0 Å². The summed E-state index contributed by atoms with van der Waals surface area (Å²) >= 11 is 0. The van der Waals surface area contributed by atoms with Gasteiger partial charge >= 0.3 is 0 Å². The average Bonchev–Trinajstić information content (AvgIpc) is 3.78. The first kappa shape index (κ1) is 31.8. The van der Waals surface area contributed by atoms with Crippen LogP contribution in [0, 0.1) is 0 Å². The van der Waals surface area contributed by atoms with Crippen LogP contribution in [-0.4, -0.2) is 15.0 Å². The lowest BCUT2D eigenvalue weighted by Gasteiger charge is -2.36. The molecule has 0 atom stereocenters. The lowest BCUT2D eigenvalue weighted by Crippen LogP contribution is -2.27. The van der Waals surface area contributed by atoms with Crippen LogP contribution in [0.1, 0.15) is 43.2 Å². The van der Waals surface area contributed by atoms with E-state index >= 15 is 0 Å². The molecule has 1 fully saturated rings. The molecular formula is C51H37N3O. The molecule has 9 aromatic rings. The van der Waals surface area contributed by atoms with Crippen molar-refractivity contribution in [2.24, 2.45) is 0 Å². The van der Waals surface area contributed by atoms with Crippen LogP contribution in [0.2, 0.25) is 0 Å². The molecule has 4 nitrogen and oxygen atoms in total. The van der Waals surface area contributed by atoms with E-state index in [2.05, 4.69) is 140 Å². The number of fused-ring (bicyclic) bond motifs is 8. The van der Waals surface area contributed by atoms with Crippen molar-refractivity contribution >= 4 is 21.9 Å². The van der Waals surface area contributed by atoms with Gasteiger partial charge in [0, 0.05) is 27.3 Å². The van der Waals surface area contributed by atoms with E-state index in [4.69, 9.17) is 19.4 Å². The van der Waals surface area contributed by atoms with Gasteiger partial charge in [-0.1, -0.05) is 159 Å². The minimum Gasteiger partial charge on any atom is -0.455 e. The molecule has 55 heavy (non-hydrogen) atoms. The number of nitrogens with zero attached hydrogens (tertiary/aromatic N) is 3. The highest BCUT2D eigenvalue weighted by Crippen LogP contribution is 2.57. The third-order valence-electron chi connectivity index (χ3n) is 11.9. The summed E-state index contributed by atoms with van der Waals surface area (Å²) in [6.45, 7) is 0. The first-order valence-corrected chi connectivity index (χ1v) is 19.4. The van der Waals surface area contributed by atoms with E-state index in [0.29, 0.717) is 17.5 Å². The molecule has 2 aliphatic rings. The maximum Gasteiger partial charge on any atom is 0.167 e. The Kier molecular flexibility index (Phi) is 7.38. The first-order chi connectivity index (χ1) is 27.2. The number of benzene rings is 7. The van der Waals surface area contributed by atoms with Gasteiger partial charge in [0.15, 0.2) is 17.5 Å². The van der Waals surface area contributed by atoms with Crippen molar-refractivity contribution in [3.8, 4) is 67.5 Å². The molecule has 0 radical (unpaired) electrons. The lowest BCUT2D eigenvalue weighted by atomic mass is 9.68. The molecular weight excluding hydrogens is 671 g/mol. The number of hydrogen-bond donors (Lipinski definition) is 0. The number of aromatic nitrogens is 3. The third-order valence-corrected chi connectivity index (χ3v) is 11.9. The van der Waals surface area contributed by atoms with Crippen LogP contribution in [0.3, 0.4) is 0 Å². The minimum atomic E-state index is 0.0990. The molecule has 0 aliphatic heterocycles. The second-order valence-electron chi connectivity index (χ2n) is 15.0. The normalized spacial score (nSPS) is 14.3. The Balaban J connectivity index is 1.10. The van der Waals surface area contributed by atoms with Crippen LogP contribution < -0.4 is 0 Å². The Morgan fingerprint density at radius 3 is 1.80 bits per heavy atom. The summed E-state index contributed by atoms with van der Waals surface area (Å²) in [4.78, 5) is 15.6.